The predicted octanol–water partition coefficient (Wildman–Crippen LogP) is 2.77. The van der Waals surface area contributed by atoms with E-state index in [1.807, 2.05) is 5.38 Å². The van der Waals surface area contributed by atoms with Crippen LogP contribution in [0.2, 0.25) is 0 Å². The Hall–Kier alpha value is -0.610. The summed E-state index contributed by atoms with van der Waals surface area (Å²) in [7, 11) is 0. The molecule has 0 saturated heterocycles. The summed E-state index contributed by atoms with van der Waals surface area (Å²) in [5.41, 5.74) is 0. The van der Waals surface area contributed by atoms with Gasteiger partial charge in [-0.2, -0.15) is 0 Å². The van der Waals surface area contributed by atoms with E-state index in [4.69, 9.17) is 11.6 Å². The first-order chi connectivity index (χ1) is 7.74. The highest BCUT2D eigenvalue weighted by molar-refractivity contribution is 7.09. The molecule has 1 amide bonds. The molecule has 0 bridgehead atoms. The molecule has 0 aliphatic carbocycles. The molecule has 0 aromatic carbocycles. The lowest BCUT2D eigenvalue weighted by atomic mass is 10.2. The first kappa shape index (κ1) is 13.5. The Balaban J connectivity index is 2.16. The standard InChI is InChI=1S/C11H17ClN2OS/c1-9(11-13-6-7-16-11)8-14-10(15)4-2-3-5-12/h6-7,9H,2-5,8H2,1H3,(H,14,15). The van der Waals surface area contributed by atoms with Gasteiger partial charge in [0.1, 0.15) is 0 Å². The van der Waals surface area contributed by atoms with Crippen molar-refractivity contribution in [1.29, 1.82) is 0 Å². The molecule has 1 heterocycles. The Morgan fingerprint density at radius 3 is 3.06 bits per heavy atom. The van der Waals surface area contributed by atoms with E-state index in [-0.39, 0.29) is 11.8 Å². The average Bonchev–Trinajstić information content (AvgIpc) is 2.79. The fraction of sp³-hybridized carbons (Fsp3) is 0.636. The number of amides is 1. The molecule has 1 atom stereocenters. The Morgan fingerprint density at radius 1 is 1.62 bits per heavy atom. The van der Waals surface area contributed by atoms with Crippen LogP contribution < -0.4 is 5.32 Å². The molecule has 0 spiro atoms. The van der Waals surface area contributed by atoms with Crippen LogP contribution in [0, 0.1) is 0 Å². The summed E-state index contributed by atoms with van der Waals surface area (Å²) in [4.78, 5) is 15.6. The van der Waals surface area contributed by atoms with Crippen LogP contribution in [0.1, 0.15) is 37.1 Å². The minimum absolute atomic E-state index is 0.105. The zero-order valence-electron chi connectivity index (χ0n) is 9.41. The lowest BCUT2D eigenvalue weighted by Gasteiger charge is -2.09. The highest BCUT2D eigenvalue weighted by Gasteiger charge is 2.09. The van der Waals surface area contributed by atoms with Gasteiger partial charge in [0.05, 0.1) is 5.01 Å². The molecule has 90 valence electrons. The van der Waals surface area contributed by atoms with Crippen LogP contribution in [-0.2, 0) is 4.79 Å². The summed E-state index contributed by atoms with van der Waals surface area (Å²) < 4.78 is 0. The lowest BCUT2D eigenvalue weighted by Crippen LogP contribution is -2.27. The molecule has 0 aliphatic rings. The summed E-state index contributed by atoms with van der Waals surface area (Å²) in [6.45, 7) is 2.73. The summed E-state index contributed by atoms with van der Waals surface area (Å²) in [5, 5.41) is 5.94. The zero-order valence-corrected chi connectivity index (χ0v) is 11.0. The maximum atomic E-state index is 11.4. The van der Waals surface area contributed by atoms with Crippen LogP contribution in [0.5, 0.6) is 0 Å². The number of carbonyl (C=O) groups is 1. The Morgan fingerprint density at radius 2 is 2.44 bits per heavy atom. The number of thiazole rings is 1. The number of aromatic nitrogens is 1. The third kappa shape index (κ3) is 4.94. The first-order valence-electron chi connectivity index (χ1n) is 5.46. The lowest BCUT2D eigenvalue weighted by molar-refractivity contribution is -0.121. The largest absolute Gasteiger partial charge is 0.355 e. The van der Waals surface area contributed by atoms with Gasteiger partial charge in [0, 0.05) is 36.3 Å². The van der Waals surface area contributed by atoms with Gasteiger partial charge in [-0.05, 0) is 12.8 Å². The molecule has 5 heteroatoms. The number of nitrogens with one attached hydrogen (secondary N) is 1. The van der Waals surface area contributed by atoms with Crippen molar-refractivity contribution >= 4 is 28.8 Å². The first-order valence-corrected chi connectivity index (χ1v) is 6.87. The normalized spacial score (nSPS) is 12.4. The summed E-state index contributed by atoms with van der Waals surface area (Å²) in [5.74, 6) is 1.02. The van der Waals surface area contributed by atoms with Crippen molar-refractivity contribution in [2.75, 3.05) is 12.4 Å². The second-order valence-electron chi connectivity index (χ2n) is 3.72. The third-order valence-electron chi connectivity index (χ3n) is 2.27. The fourth-order valence-electron chi connectivity index (χ4n) is 1.30. The van der Waals surface area contributed by atoms with Gasteiger partial charge in [-0.15, -0.1) is 22.9 Å². The number of hydrogen-bond donors (Lipinski definition) is 1. The van der Waals surface area contributed by atoms with E-state index >= 15 is 0 Å². The van der Waals surface area contributed by atoms with Crippen molar-refractivity contribution in [1.82, 2.24) is 10.3 Å². The van der Waals surface area contributed by atoms with Crippen LogP contribution in [0.15, 0.2) is 11.6 Å². The monoisotopic (exact) mass is 260 g/mol. The van der Waals surface area contributed by atoms with Gasteiger partial charge in [-0.25, -0.2) is 4.98 Å². The Bertz CT molecular complexity index is 303. The van der Waals surface area contributed by atoms with Gasteiger partial charge in [0.15, 0.2) is 0 Å². The van der Waals surface area contributed by atoms with E-state index in [0.29, 0.717) is 18.8 Å². The molecule has 1 rings (SSSR count). The molecule has 0 aliphatic heterocycles. The van der Waals surface area contributed by atoms with Crippen molar-refractivity contribution in [2.24, 2.45) is 0 Å². The minimum atomic E-state index is 0.105. The number of halogens is 1. The van der Waals surface area contributed by atoms with Crippen molar-refractivity contribution in [3.63, 3.8) is 0 Å². The molecule has 0 fully saturated rings. The van der Waals surface area contributed by atoms with Crippen molar-refractivity contribution in [2.45, 2.75) is 32.1 Å². The minimum Gasteiger partial charge on any atom is -0.355 e. The number of alkyl halides is 1. The van der Waals surface area contributed by atoms with Crippen LogP contribution in [0.4, 0.5) is 0 Å². The van der Waals surface area contributed by atoms with Crippen LogP contribution in [0.25, 0.3) is 0 Å². The van der Waals surface area contributed by atoms with Crippen molar-refractivity contribution in [3.8, 4) is 0 Å². The van der Waals surface area contributed by atoms with Gasteiger partial charge < -0.3 is 5.32 Å². The molecule has 3 nitrogen and oxygen atoms in total. The molecule has 1 N–H and O–H groups in total. The molecule has 1 aromatic rings. The Labute approximate surface area is 105 Å². The maximum Gasteiger partial charge on any atom is 0.220 e. The predicted molar refractivity (Wildman–Crippen MR) is 68.1 cm³/mol. The highest BCUT2D eigenvalue weighted by atomic mass is 35.5. The third-order valence-corrected chi connectivity index (χ3v) is 3.54. The maximum absolute atomic E-state index is 11.4. The number of nitrogens with zero attached hydrogens (tertiary/aromatic N) is 1. The van der Waals surface area contributed by atoms with Crippen molar-refractivity contribution in [3.05, 3.63) is 16.6 Å². The number of unbranched alkanes of at least 4 members (excludes halogenated alkanes) is 1. The van der Waals surface area contributed by atoms with Crippen LogP contribution in [-0.4, -0.2) is 23.3 Å². The van der Waals surface area contributed by atoms with Gasteiger partial charge >= 0.3 is 0 Å². The van der Waals surface area contributed by atoms with E-state index in [1.165, 1.54) is 0 Å². The SMILES string of the molecule is CC(CNC(=O)CCCCCl)c1nccs1. The van der Waals surface area contributed by atoms with E-state index in [0.717, 1.165) is 17.8 Å². The quantitative estimate of drug-likeness (QED) is 0.605. The van der Waals surface area contributed by atoms with Crippen LogP contribution in [0.3, 0.4) is 0 Å². The molecule has 0 radical (unpaired) electrons. The number of carbonyl (C=O) groups excluding carboxylic acids is 1. The van der Waals surface area contributed by atoms with Gasteiger partial charge in [0.2, 0.25) is 5.91 Å². The molecule has 0 saturated carbocycles. The second-order valence-corrected chi connectivity index (χ2v) is 5.03. The Kier molecular flexibility index (Phi) is 6.42. The number of rotatable bonds is 7. The molecule has 1 aromatic heterocycles. The van der Waals surface area contributed by atoms with E-state index in [2.05, 4.69) is 17.2 Å². The van der Waals surface area contributed by atoms with Crippen LogP contribution >= 0.6 is 22.9 Å². The van der Waals surface area contributed by atoms with Gasteiger partial charge in [-0.3, -0.25) is 4.79 Å². The average molecular weight is 261 g/mol. The molecule has 1 unspecified atom stereocenters. The number of hydrogen-bond acceptors (Lipinski definition) is 3. The molecular weight excluding hydrogens is 244 g/mol. The zero-order chi connectivity index (χ0) is 11.8. The van der Waals surface area contributed by atoms with E-state index in [1.54, 1.807) is 17.5 Å². The topological polar surface area (TPSA) is 42.0 Å². The summed E-state index contributed by atoms with van der Waals surface area (Å²) in [6, 6.07) is 0. The molecule has 16 heavy (non-hydrogen) atoms. The summed E-state index contributed by atoms with van der Waals surface area (Å²) >= 11 is 7.17. The van der Waals surface area contributed by atoms with E-state index in [9.17, 15) is 4.79 Å². The smallest absolute Gasteiger partial charge is 0.220 e. The second kappa shape index (κ2) is 7.63. The summed E-state index contributed by atoms with van der Waals surface area (Å²) in [6.07, 6.45) is 4.12. The molecular formula is C11H17ClN2OS. The highest BCUT2D eigenvalue weighted by Crippen LogP contribution is 2.16. The van der Waals surface area contributed by atoms with E-state index < -0.39 is 0 Å². The van der Waals surface area contributed by atoms with Crippen molar-refractivity contribution < 1.29 is 4.79 Å². The fourth-order valence-corrected chi connectivity index (χ4v) is 2.19. The van der Waals surface area contributed by atoms with Gasteiger partial charge in [-0.1, -0.05) is 6.92 Å². The van der Waals surface area contributed by atoms with Gasteiger partial charge in [0.25, 0.3) is 0 Å².